The summed E-state index contributed by atoms with van der Waals surface area (Å²) in [5.74, 6) is 1.63. The number of fused-ring (bicyclic) bond motifs is 4. The van der Waals surface area contributed by atoms with Gasteiger partial charge >= 0.3 is 0 Å². The highest BCUT2D eigenvalue weighted by molar-refractivity contribution is 5.86. The third-order valence-corrected chi connectivity index (χ3v) is 6.81. The summed E-state index contributed by atoms with van der Waals surface area (Å²) < 4.78 is 7.93. The molecule has 1 aromatic carbocycles. The van der Waals surface area contributed by atoms with Gasteiger partial charge < -0.3 is 10.1 Å². The van der Waals surface area contributed by atoms with Crippen LogP contribution in [0.15, 0.2) is 36.7 Å². The van der Waals surface area contributed by atoms with Crippen LogP contribution in [0.5, 0.6) is 6.01 Å². The fraction of sp³-hybridized carbons (Fsp3) is 0.370. The molecule has 2 aliphatic rings. The normalized spacial score (nSPS) is 16.1. The first-order valence-corrected chi connectivity index (χ1v) is 12.1. The highest BCUT2D eigenvalue weighted by Gasteiger charge is 2.36. The zero-order valence-electron chi connectivity index (χ0n) is 20.3. The molecule has 1 aliphatic carbocycles. The van der Waals surface area contributed by atoms with Crippen LogP contribution in [0, 0.1) is 6.92 Å². The molecule has 4 aromatic rings. The Hall–Kier alpha value is -3.81. The molecule has 8 nitrogen and oxygen atoms in total. The zero-order chi connectivity index (χ0) is 24.2. The minimum absolute atomic E-state index is 0.248. The number of carbonyl (C=O) groups is 1. The summed E-state index contributed by atoms with van der Waals surface area (Å²) in [6.07, 6.45) is 6.50. The monoisotopic (exact) mass is 468 g/mol. The second kappa shape index (κ2) is 8.15. The van der Waals surface area contributed by atoms with Crippen LogP contribution in [0.1, 0.15) is 42.5 Å². The SMILES string of the molecule is Cc1cncc(-c2nc(NCCc3ccc4c(c3)CCC(=O)C4)c3nc4n(c3n2)C(C)(C)CO4)c1. The van der Waals surface area contributed by atoms with Crippen molar-refractivity contribution >= 4 is 22.8 Å². The summed E-state index contributed by atoms with van der Waals surface area (Å²) in [6.45, 7) is 7.51. The number of hydrogen-bond acceptors (Lipinski definition) is 7. The Labute approximate surface area is 203 Å². The van der Waals surface area contributed by atoms with E-state index in [1.807, 2.05) is 19.2 Å². The first-order valence-electron chi connectivity index (χ1n) is 12.1. The maximum atomic E-state index is 11.7. The number of nitrogens with zero attached hydrogens (tertiary/aromatic N) is 5. The molecule has 0 radical (unpaired) electrons. The van der Waals surface area contributed by atoms with E-state index in [-0.39, 0.29) is 5.54 Å². The summed E-state index contributed by atoms with van der Waals surface area (Å²) in [4.78, 5) is 30.6. The number of aromatic nitrogens is 5. The van der Waals surface area contributed by atoms with E-state index in [4.69, 9.17) is 19.7 Å². The standard InChI is InChI=1S/C27H28N6O2/c1-16-10-20(14-28-13-16)23-31-24(22-25(32-23)33-26(30-22)35-15-27(33,2)3)29-9-8-17-4-5-19-12-21(34)7-6-18(19)11-17/h4-5,10-11,13-14H,6-9,12,15H2,1-3H3,(H,29,31,32). The Morgan fingerprint density at radius 3 is 2.83 bits per heavy atom. The topological polar surface area (TPSA) is 94.8 Å². The van der Waals surface area contributed by atoms with Crippen molar-refractivity contribution < 1.29 is 9.53 Å². The van der Waals surface area contributed by atoms with Gasteiger partial charge in [0, 0.05) is 37.3 Å². The number of imidazole rings is 1. The predicted molar refractivity (Wildman–Crippen MR) is 134 cm³/mol. The smallest absolute Gasteiger partial charge is 0.299 e. The van der Waals surface area contributed by atoms with Gasteiger partial charge in [0.2, 0.25) is 0 Å². The van der Waals surface area contributed by atoms with Gasteiger partial charge in [0.1, 0.15) is 12.4 Å². The van der Waals surface area contributed by atoms with Crippen molar-refractivity contribution in [3.8, 4) is 17.4 Å². The molecule has 8 heteroatoms. The first-order chi connectivity index (χ1) is 16.9. The fourth-order valence-corrected chi connectivity index (χ4v) is 4.96. The summed E-state index contributed by atoms with van der Waals surface area (Å²) >= 11 is 0. The van der Waals surface area contributed by atoms with Gasteiger partial charge in [0.25, 0.3) is 6.01 Å². The van der Waals surface area contributed by atoms with Crippen molar-refractivity contribution in [3.05, 3.63) is 58.9 Å². The number of aryl methyl sites for hydroxylation is 2. The Morgan fingerprint density at radius 1 is 1.09 bits per heavy atom. The van der Waals surface area contributed by atoms with Crippen LogP contribution in [-0.2, 0) is 29.6 Å². The van der Waals surface area contributed by atoms with Gasteiger partial charge in [-0.15, -0.1) is 0 Å². The third kappa shape index (κ3) is 3.92. The molecule has 178 valence electrons. The molecule has 1 N–H and O–H groups in total. The molecular formula is C27H28N6O2. The van der Waals surface area contributed by atoms with Crippen LogP contribution < -0.4 is 10.1 Å². The maximum Gasteiger partial charge on any atom is 0.299 e. The van der Waals surface area contributed by atoms with Crippen LogP contribution in [0.4, 0.5) is 5.82 Å². The van der Waals surface area contributed by atoms with Crippen LogP contribution >= 0.6 is 0 Å². The number of carbonyl (C=O) groups excluding carboxylic acids is 1. The average molecular weight is 469 g/mol. The minimum atomic E-state index is -0.248. The fourth-order valence-electron chi connectivity index (χ4n) is 4.96. The van der Waals surface area contributed by atoms with Gasteiger partial charge in [-0.05, 0) is 61.9 Å². The van der Waals surface area contributed by atoms with E-state index >= 15 is 0 Å². The van der Waals surface area contributed by atoms with Crippen LogP contribution in [0.25, 0.3) is 22.6 Å². The molecule has 0 atom stereocenters. The Balaban J connectivity index is 1.33. The lowest BCUT2D eigenvalue weighted by molar-refractivity contribution is -0.118. The van der Waals surface area contributed by atoms with Crippen molar-refractivity contribution in [2.24, 2.45) is 0 Å². The lowest BCUT2D eigenvalue weighted by Crippen LogP contribution is -2.26. The highest BCUT2D eigenvalue weighted by Crippen LogP contribution is 2.37. The predicted octanol–water partition coefficient (Wildman–Crippen LogP) is 4.04. The van der Waals surface area contributed by atoms with Gasteiger partial charge in [-0.1, -0.05) is 18.2 Å². The molecule has 0 saturated carbocycles. The molecule has 1 aliphatic heterocycles. The molecule has 6 rings (SSSR count). The first kappa shape index (κ1) is 21.7. The zero-order valence-corrected chi connectivity index (χ0v) is 20.3. The Morgan fingerprint density at radius 2 is 1.97 bits per heavy atom. The second-order valence-corrected chi connectivity index (χ2v) is 10.1. The number of Topliss-reactive ketones (excluding diaryl/α,β-unsaturated/α-hetero) is 1. The maximum absolute atomic E-state index is 11.7. The lowest BCUT2D eigenvalue weighted by atomic mass is 9.89. The molecule has 0 spiro atoms. The van der Waals surface area contributed by atoms with Crippen molar-refractivity contribution in [3.63, 3.8) is 0 Å². The third-order valence-electron chi connectivity index (χ3n) is 6.81. The van der Waals surface area contributed by atoms with E-state index in [2.05, 4.69) is 46.9 Å². The largest absolute Gasteiger partial charge is 0.462 e. The second-order valence-electron chi connectivity index (χ2n) is 10.1. The average Bonchev–Trinajstić information content (AvgIpc) is 3.36. The van der Waals surface area contributed by atoms with Gasteiger partial charge in [-0.25, -0.2) is 9.97 Å². The number of benzene rings is 1. The molecule has 35 heavy (non-hydrogen) atoms. The van der Waals surface area contributed by atoms with Crippen molar-refractivity contribution in [2.45, 2.75) is 52.0 Å². The van der Waals surface area contributed by atoms with E-state index < -0.39 is 0 Å². The van der Waals surface area contributed by atoms with Gasteiger partial charge in [0.15, 0.2) is 22.8 Å². The molecule has 0 fully saturated rings. The lowest BCUT2D eigenvalue weighted by Gasteiger charge is -2.18. The molecule has 4 heterocycles. The van der Waals surface area contributed by atoms with Gasteiger partial charge in [-0.3, -0.25) is 14.3 Å². The van der Waals surface area contributed by atoms with Crippen LogP contribution in [0.2, 0.25) is 0 Å². The number of hydrogen-bond donors (Lipinski definition) is 1. The number of ether oxygens (including phenoxy) is 1. The summed E-state index contributed by atoms with van der Waals surface area (Å²) in [6, 6.07) is 9.08. The van der Waals surface area contributed by atoms with Crippen molar-refractivity contribution in [1.82, 2.24) is 24.5 Å². The van der Waals surface area contributed by atoms with E-state index in [1.54, 1.807) is 6.20 Å². The molecule has 0 saturated heterocycles. The van der Waals surface area contributed by atoms with E-state index in [0.29, 0.717) is 54.9 Å². The van der Waals surface area contributed by atoms with Gasteiger partial charge in [0.05, 0.1) is 5.54 Å². The van der Waals surface area contributed by atoms with E-state index in [9.17, 15) is 4.79 Å². The number of rotatable bonds is 5. The van der Waals surface area contributed by atoms with Crippen molar-refractivity contribution in [2.75, 3.05) is 18.5 Å². The number of ketones is 1. The van der Waals surface area contributed by atoms with Gasteiger partial charge in [-0.2, -0.15) is 4.98 Å². The van der Waals surface area contributed by atoms with Crippen molar-refractivity contribution in [1.29, 1.82) is 0 Å². The summed E-state index contributed by atoms with van der Waals surface area (Å²) in [5, 5.41) is 3.51. The summed E-state index contributed by atoms with van der Waals surface area (Å²) in [5.41, 5.74) is 6.85. The molecule has 0 bridgehead atoms. The van der Waals surface area contributed by atoms with Crippen LogP contribution in [-0.4, -0.2) is 43.4 Å². The van der Waals surface area contributed by atoms with E-state index in [1.165, 1.54) is 16.7 Å². The highest BCUT2D eigenvalue weighted by atomic mass is 16.5. The minimum Gasteiger partial charge on any atom is -0.462 e. The van der Waals surface area contributed by atoms with Crippen LogP contribution in [0.3, 0.4) is 0 Å². The Bertz CT molecular complexity index is 1470. The molecule has 0 unspecified atom stereocenters. The molecule has 0 amide bonds. The number of pyridine rings is 1. The summed E-state index contributed by atoms with van der Waals surface area (Å²) in [7, 11) is 0. The molecule has 3 aromatic heterocycles. The Kier molecular flexibility index (Phi) is 5.05. The number of nitrogens with one attached hydrogen (secondary N) is 1. The molecular weight excluding hydrogens is 440 g/mol. The number of anilines is 1. The van der Waals surface area contributed by atoms with E-state index in [0.717, 1.165) is 29.6 Å². The quantitative estimate of drug-likeness (QED) is 0.472.